The van der Waals surface area contributed by atoms with Crippen molar-refractivity contribution in [1.82, 2.24) is 14.2 Å². The fourth-order valence-corrected chi connectivity index (χ4v) is 5.49. The first kappa shape index (κ1) is 21.0. The summed E-state index contributed by atoms with van der Waals surface area (Å²) >= 11 is 0. The van der Waals surface area contributed by atoms with E-state index in [1.54, 1.807) is 24.1 Å². The van der Waals surface area contributed by atoms with Gasteiger partial charge >= 0.3 is 0 Å². The van der Waals surface area contributed by atoms with Gasteiger partial charge in [0.2, 0.25) is 15.9 Å². The normalized spacial score (nSPS) is 21.2. The Morgan fingerprint density at radius 3 is 2.67 bits per heavy atom. The summed E-state index contributed by atoms with van der Waals surface area (Å²) < 4.78 is 39.4. The second-order valence-electron chi connectivity index (χ2n) is 7.90. The quantitative estimate of drug-likeness (QED) is 0.737. The van der Waals surface area contributed by atoms with Gasteiger partial charge in [-0.2, -0.15) is 4.31 Å². The predicted octanol–water partition coefficient (Wildman–Crippen LogP) is 2.08. The van der Waals surface area contributed by atoms with Crippen LogP contribution in [-0.4, -0.2) is 73.5 Å². The molecule has 0 spiro atoms. The number of carbonyl (C=O) groups is 1. The number of fused-ring (bicyclic) bond motifs is 1. The molecule has 3 heterocycles. The van der Waals surface area contributed by atoms with Gasteiger partial charge < -0.3 is 9.80 Å². The number of hydrogen-bond donors (Lipinski definition) is 0. The molecule has 0 aliphatic carbocycles. The summed E-state index contributed by atoms with van der Waals surface area (Å²) in [5, 5.41) is 0.754. The summed E-state index contributed by atoms with van der Waals surface area (Å²) in [4.78, 5) is 21.4. The van der Waals surface area contributed by atoms with Crippen LogP contribution in [0.5, 0.6) is 0 Å². The average molecular weight is 435 g/mol. The molecule has 2 saturated heterocycles. The first-order chi connectivity index (χ1) is 14.4. The van der Waals surface area contributed by atoms with Crippen molar-refractivity contribution in [3.63, 3.8) is 0 Å². The van der Waals surface area contributed by atoms with E-state index in [1.165, 1.54) is 16.4 Å². The van der Waals surface area contributed by atoms with Gasteiger partial charge in [-0.25, -0.2) is 12.8 Å². The van der Waals surface area contributed by atoms with E-state index in [1.807, 2.05) is 6.07 Å². The van der Waals surface area contributed by atoms with E-state index in [-0.39, 0.29) is 23.4 Å². The number of carbonyl (C=O) groups excluding carboxylic acids is 1. The standard InChI is InChI=1S/C21H27FN4O3S/c1-2-30(28,29)26-12-10-24(11-13-26)21(27)16-4-3-9-25(15-16)20-7-8-23-19-6-5-17(22)14-18(19)20/h5-8,14,16H,2-4,9-13,15H2,1H3. The van der Waals surface area contributed by atoms with Gasteiger partial charge in [0.25, 0.3) is 0 Å². The highest BCUT2D eigenvalue weighted by Crippen LogP contribution is 2.30. The Morgan fingerprint density at radius 2 is 1.93 bits per heavy atom. The number of hydrogen-bond acceptors (Lipinski definition) is 5. The van der Waals surface area contributed by atoms with Crippen molar-refractivity contribution in [1.29, 1.82) is 0 Å². The molecule has 7 nitrogen and oxygen atoms in total. The van der Waals surface area contributed by atoms with Gasteiger partial charge in [0, 0.05) is 56.5 Å². The van der Waals surface area contributed by atoms with E-state index in [9.17, 15) is 17.6 Å². The number of piperazine rings is 1. The second kappa shape index (κ2) is 8.47. The third-order valence-corrected chi connectivity index (χ3v) is 7.98. The molecule has 1 aromatic carbocycles. The molecule has 2 aliphatic rings. The minimum Gasteiger partial charge on any atom is -0.370 e. The number of nitrogens with zero attached hydrogens (tertiary/aromatic N) is 4. The van der Waals surface area contributed by atoms with E-state index in [0.717, 1.165) is 36.0 Å². The first-order valence-electron chi connectivity index (χ1n) is 10.4. The second-order valence-corrected chi connectivity index (χ2v) is 10.2. The zero-order chi connectivity index (χ0) is 21.3. The summed E-state index contributed by atoms with van der Waals surface area (Å²) in [6, 6.07) is 6.45. The Morgan fingerprint density at radius 1 is 1.17 bits per heavy atom. The predicted molar refractivity (Wildman–Crippen MR) is 114 cm³/mol. The van der Waals surface area contributed by atoms with Gasteiger partial charge in [0.05, 0.1) is 17.2 Å². The highest BCUT2D eigenvalue weighted by molar-refractivity contribution is 7.89. The van der Waals surface area contributed by atoms with Gasteiger partial charge in [-0.3, -0.25) is 9.78 Å². The summed E-state index contributed by atoms with van der Waals surface area (Å²) in [5.41, 5.74) is 1.63. The lowest BCUT2D eigenvalue weighted by Gasteiger charge is -2.39. The summed E-state index contributed by atoms with van der Waals surface area (Å²) in [6.45, 7) is 4.58. The lowest BCUT2D eigenvalue weighted by Crippen LogP contribution is -2.53. The van der Waals surface area contributed by atoms with Gasteiger partial charge in [-0.05, 0) is 44.0 Å². The zero-order valence-electron chi connectivity index (χ0n) is 17.1. The molecular formula is C21H27FN4O3S. The van der Waals surface area contributed by atoms with Crippen LogP contribution in [0, 0.1) is 11.7 Å². The molecule has 4 rings (SSSR count). The maximum atomic E-state index is 13.8. The van der Waals surface area contributed by atoms with Crippen LogP contribution < -0.4 is 4.90 Å². The molecule has 162 valence electrons. The lowest BCUT2D eigenvalue weighted by atomic mass is 9.95. The maximum Gasteiger partial charge on any atom is 0.227 e. The molecule has 1 atom stereocenters. The Balaban J connectivity index is 1.46. The molecule has 2 fully saturated rings. The minimum atomic E-state index is -3.21. The van der Waals surface area contributed by atoms with Crippen molar-refractivity contribution in [2.24, 2.45) is 5.92 Å². The van der Waals surface area contributed by atoms with E-state index in [2.05, 4.69) is 9.88 Å². The van der Waals surface area contributed by atoms with Crippen LogP contribution in [0.15, 0.2) is 30.5 Å². The molecule has 0 saturated carbocycles. The third-order valence-electron chi connectivity index (χ3n) is 6.10. The first-order valence-corrected chi connectivity index (χ1v) is 12.1. The number of pyridine rings is 1. The van der Waals surface area contributed by atoms with Crippen molar-refractivity contribution in [2.75, 3.05) is 49.9 Å². The number of halogens is 1. The van der Waals surface area contributed by atoms with Crippen LogP contribution in [0.1, 0.15) is 19.8 Å². The van der Waals surface area contributed by atoms with E-state index in [0.29, 0.717) is 32.7 Å². The highest BCUT2D eigenvalue weighted by atomic mass is 32.2. The van der Waals surface area contributed by atoms with Gasteiger partial charge in [0.15, 0.2) is 0 Å². The van der Waals surface area contributed by atoms with E-state index >= 15 is 0 Å². The van der Waals surface area contributed by atoms with Crippen LogP contribution in [0.25, 0.3) is 10.9 Å². The lowest BCUT2D eigenvalue weighted by molar-refractivity contribution is -0.137. The van der Waals surface area contributed by atoms with Crippen LogP contribution in [-0.2, 0) is 14.8 Å². The molecule has 1 aromatic heterocycles. The number of aromatic nitrogens is 1. The van der Waals surface area contributed by atoms with Crippen LogP contribution in [0.3, 0.4) is 0 Å². The van der Waals surface area contributed by atoms with Gasteiger partial charge in [0.1, 0.15) is 5.82 Å². The zero-order valence-corrected chi connectivity index (χ0v) is 17.9. The largest absolute Gasteiger partial charge is 0.370 e. The number of benzene rings is 1. The fourth-order valence-electron chi connectivity index (χ4n) is 4.40. The number of anilines is 1. The van der Waals surface area contributed by atoms with Crippen LogP contribution >= 0.6 is 0 Å². The molecule has 0 radical (unpaired) electrons. The molecule has 2 aromatic rings. The monoisotopic (exact) mass is 434 g/mol. The Bertz CT molecular complexity index is 1040. The van der Waals surface area contributed by atoms with Crippen molar-refractivity contribution in [2.45, 2.75) is 19.8 Å². The van der Waals surface area contributed by atoms with Gasteiger partial charge in [-0.1, -0.05) is 0 Å². The fraction of sp³-hybridized carbons (Fsp3) is 0.524. The number of sulfonamides is 1. The Kier molecular flexibility index (Phi) is 5.92. The van der Waals surface area contributed by atoms with Crippen LogP contribution in [0.4, 0.5) is 10.1 Å². The molecule has 0 N–H and O–H groups in total. The Labute approximate surface area is 176 Å². The molecule has 1 unspecified atom stereocenters. The topological polar surface area (TPSA) is 73.8 Å². The Hall–Kier alpha value is -2.26. The van der Waals surface area contributed by atoms with E-state index < -0.39 is 10.0 Å². The van der Waals surface area contributed by atoms with Gasteiger partial charge in [-0.15, -0.1) is 0 Å². The number of rotatable bonds is 4. The molecule has 0 bridgehead atoms. The molecule has 1 amide bonds. The van der Waals surface area contributed by atoms with Crippen molar-refractivity contribution in [3.05, 3.63) is 36.3 Å². The van der Waals surface area contributed by atoms with Crippen molar-refractivity contribution >= 4 is 32.5 Å². The third kappa shape index (κ3) is 4.13. The van der Waals surface area contributed by atoms with Crippen LogP contribution in [0.2, 0.25) is 0 Å². The number of piperidine rings is 1. The number of amides is 1. The minimum absolute atomic E-state index is 0.0813. The molecule has 30 heavy (non-hydrogen) atoms. The molecular weight excluding hydrogens is 407 g/mol. The molecule has 9 heteroatoms. The highest BCUT2D eigenvalue weighted by Gasteiger charge is 2.33. The SMILES string of the molecule is CCS(=O)(=O)N1CCN(C(=O)C2CCCN(c3ccnc4ccc(F)cc34)C2)CC1. The smallest absolute Gasteiger partial charge is 0.227 e. The van der Waals surface area contributed by atoms with E-state index in [4.69, 9.17) is 0 Å². The summed E-state index contributed by atoms with van der Waals surface area (Å²) in [6.07, 6.45) is 3.40. The van der Waals surface area contributed by atoms with Crippen molar-refractivity contribution < 1.29 is 17.6 Å². The summed E-state index contributed by atoms with van der Waals surface area (Å²) in [7, 11) is -3.21. The van der Waals surface area contributed by atoms with Crippen molar-refractivity contribution in [3.8, 4) is 0 Å². The summed E-state index contributed by atoms with van der Waals surface area (Å²) in [5.74, 6) is -0.289. The molecule has 2 aliphatic heterocycles. The maximum absolute atomic E-state index is 13.8. The average Bonchev–Trinajstić information content (AvgIpc) is 2.78.